The van der Waals surface area contributed by atoms with Crippen LogP contribution in [-0.2, 0) is 4.79 Å². The fourth-order valence-electron chi connectivity index (χ4n) is 1.36. The summed E-state index contributed by atoms with van der Waals surface area (Å²) in [6, 6.07) is 0.193. The van der Waals surface area contributed by atoms with E-state index in [1.807, 2.05) is 32.7 Å². The monoisotopic (exact) mass is 214 g/mol. The molecule has 0 saturated heterocycles. The van der Waals surface area contributed by atoms with Gasteiger partial charge in [0.1, 0.15) is 0 Å². The number of carbonyl (C=O) groups excluding carboxylic acids is 1. The molecular weight excluding hydrogens is 192 g/mol. The van der Waals surface area contributed by atoms with Gasteiger partial charge in [0, 0.05) is 11.6 Å². The van der Waals surface area contributed by atoms with Crippen molar-refractivity contribution in [1.29, 1.82) is 0 Å². The first-order chi connectivity index (χ1) is 6.88. The second-order valence-electron chi connectivity index (χ2n) is 5.04. The molecule has 88 valence electrons. The third kappa shape index (κ3) is 3.18. The predicted molar refractivity (Wildman–Crippen MR) is 59.6 cm³/mol. The normalized spacial score (nSPS) is 19.1. The van der Waals surface area contributed by atoms with Crippen LogP contribution in [0.1, 0.15) is 33.6 Å². The van der Waals surface area contributed by atoms with Crippen LogP contribution in [0.15, 0.2) is 0 Å². The number of aliphatic hydroxyl groups excluding tert-OH is 1. The van der Waals surface area contributed by atoms with E-state index in [0.29, 0.717) is 6.04 Å². The van der Waals surface area contributed by atoms with Crippen molar-refractivity contribution in [2.45, 2.75) is 51.2 Å². The van der Waals surface area contributed by atoms with Gasteiger partial charge in [-0.15, -0.1) is 0 Å². The molecule has 1 aliphatic carbocycles. The summed E-state index contributed by atoms with van der Waals surface area (Å²) in [7, 11) is 1.87. The number of likely N-dealkylation sites (N-methyl/N-ethyl adjacent to an activating group) is 1. The van der Waals surface area contributed by atoms with E-state index in [9.17, 15) is 9.90 Å². The van der Waals surface area contributed by atoms with Gasteiger partial charge < -0.3 is 10.4 Å². The van der Waals surface area contributed by atoms with Crippen LogP contribution in [0.2, 0.25) is 0 Å². The van der Waals surface area contributed by atoms with Crippen molar-refractivity contribution in [2.75, 3.05) is 13.7 Å². The van der Waals surface area contributed by atoms with Crippen molar-refractivity contribution >= 4 is 5.91 Å². The first-order valence-electron chi connectivity index (χ1n) is 5.52. The molecule has 2 N–H and O–H groups in total. The third-order valence-electron chi connectivity index (χ3n) is 3.23. The van der Waals surface area contributed by atoms with E-state index >= 15 is 0 Å². The minimum Gasteiger partial charge on any atom is -0.394 e. The number of rotatable bonds is 5. The number of amides is 1. The van der Waals surface area contributed by atoms with Gasteiger partial charge in [-0.05, 0) is 40.7 Å². The van der Waals surface area contributed by atoms with Crippen molar-refractivity contribution < 1.29 is 9.90 Å². The maximum atomic E-state index is 11.8. The Balaban J connectivity index is 2.49. The number of hydrogen-bond acceptors (Lipinski definition) is 3. The summed E-state index contributed by atoms with van der Waals surface area (Å²) in [5.41, 5.74) is -0.361. The van der Waals surface area contributed by atoms with Gasteiger partial charge >= 0.3 is 0 Å². The van der Waals surface area contributed by atoms with Crippen molar-refractivity contribution in [3.63, 3.8) is 0 Å². The number of aliphatic hydroxyl groups is 1. The summed E-state index contributed by atoms with van der Waals surface area (Å²) < 4.78 is 0. The van der Waals surface area contributed by atoms with E-state index in [0.717, 1.165) is 12.8 Å². The van der Waals surface area contributed by atoms with E-state index < -0.39 is 0 Å². The molecule has 4 heteroatoms. The van der Waals surface area contributed by atoms with Gasteiger partial charge in [0.2, 0.25) is 5.91 Å². The first-order valence-corrected chi connectivity index (χ1v) is 5.52. The maximum Gasteiger partial charge on any atom is 0.237 e. The van der Waals surface area contributed by atoms with E-state index in [2.05, 4.69) is 5.32 Å². The van der Waals surface area contributed by atoms with Crippen LogP contribution in [-0.4, -0.2) is 47.2 Å². The Morgan fingerprint density at radius 2 is 2.13 bits per heavy atom. The molecule has 0 bridgehead atoms. The molecule has 0 aromatic heterocycles. The van der Waals surface area contributed by atoms with Gasteiger partial charge in [0.25, 0.3) is 0 Å². The van der Waals surface area contributed by atoms with E-state index in [1.165, 1.54) is 0 Å². The maximum absolute atomic E-state index is 11.8. The van der Waals surface area contributed by atoms with Gasteiger partial charge in [-0.25, -0.2) is 0 Å². The second kappa shape index (κ2) is 4.49. The van der Waals surface area contributed by atoms with Gasteiger partial charge in [-0.3, -0.25) is 9.69 Å². The molecule has 4 nitrogen and oxygen atoms in total. The highest BCUT2D eigenvalue weighted by Crippen LogP contribution is 2.20. The van der Waals surface area contributed by atoms with Crippen molar-refractivity contribution in [3.8, 4) is 0 Å². The lowest BCUT2D eigenvalue weighted by molar-refractivity contribution is -0.128. The van der Waals surface area contributed by atoms with Crippen LogP contribution in [0, 0.1) is 0 Å². The number of hydrogen-bond donors (Lipinski definition) is 2. The number of nitrogens with zero attached hydrogens (tertiary/aromatic N) is 1. The highest BCUT2D eigenvalue weighted by atomic mass is 16.3. The molecular formula is C11H22N2O2. The van der Waals surface area contributed by atoms with Crippen LogP contribution in [0.3, 0.4) is 0 Å². The van der Waals surface area contributed by atoms with Crippen LogP contribution in [0.5, 0.6) is 0 Å². The Kier molecular flexibility index (Phi) is 3.73. The van der Waals surface area contributed by atoms with Gasteiger partial charge in [0.05, 0.1) is 12.6 Å². The molecule has 1 atom stereocenters. The lowest BCUT2D eigenvalue weighted by Gasteiger charge is -2.37. The third-order valence-corrected chi connectivity index (χ3v) is 3.23. The molecule has 0 heterocycles. The molecule has 1 rings (SSSR count). The van der Waals surface area contributed by atoms with E-state index in [4.69, 9.17) is 0 Å². The molecule has 1 fully saturated rings. The van der Waals surface area contributed by atoms with Gasteiger partial charge in [0.15, 0.2) is 0 Å². The molecule has 1 unspecified atom stereocenters. The minimum absolute atomic E-state index is 0.0462. The highest BCUT2D eigenvalue weighted by molar-refractivity contribution is 5.81. The topological polar surface area (TPSA) is 52.6 Å². The molecule has 0 aromatic rings. The zero-order valence-electron chi connectivity index (χ0n) is 10.1. The summed E-state index contributed by atoms with van der Waals surface area (Å²) in [4.78, 5) is 13.7. The van der Waals surface area contributed by atoms with Gasteiger partial charge in [-0.2, -0.15) is 0 Å². The predicted octanol–water partition coefficient (Wildman–Crippen LogP) is 0.356. The SMILES string of the molecule is CC(C(=O)NC1CC1)N(C)C(C)(C)CO. The Labute approximate surface area is 91.6 Å². The zero-order chi connectivity index (χ0) is 11.6. The minimum atomic E-state index is -0.361. The number of nitrogens with one attached hydrogen (secondary N) is 1. The van der Waals surface area contributed by atoms with Crippen LogP contribution in [0.25, 0.3) is 0 Å². The van der Waals surface area contributed by atoms with Crippen LogP contribution in [0.4, 0.5) is 0 Å². The van der Waals surface area contributed by atoms with Gasteiger partial charge in [-0.1, -0.05) is 0 Å². The molecule has 0 aromatic carbocycles. The van der Waals surface area contributed by atoms with Crippen molar-refractivity contribution in [3.05, 3.63) is 0 Å². The Bertz CT molecular complexity index is 237. The van der Waals surface area contributed by atoms with Crippen molar-refractivity contribution in [2.24, 2.45) is 0 Å². The smallest absolute Gasteiger partial charge is 0.237 e. The second-order valence-corrected chi connectivity index (χ2v) is 5.04. The molecule has 1 saturated carbocycles. The standard InChI is InChI=1S/C11H22N2O2/c1-8(10(15)12-9-5-6-9)13(4)11(2,3)7-14/h8-9,14H,5-7H2,1-4H3,(H,12,15). The first kappa shape index (κ1) is 12.5. The van der Waals surface area contributed by atoms with Crippen molar-refractivity contribution in [1.82, 2.24) is 10.2 Å². The zero-order valence-corrected chi connectivity index (χ0v) is 10.1. The Hall–Kier alpha value is -0.610. The lowest BCUT2D eigenvalue weighted by Crippen LogP contribution is -2.54. The quantitative estimate of drug-likeness (QED) is 0.694. The lowest BCUT2D eigenvalue weighted by atomic mass is 10.0. The molecule has 0 aliphatic heterocycles. The average Bonchev–Trinajstić information content (AvgIpc) is 2.99. The fourth-order valence-corrected chi connectivity index (χ4v) is 1.36. The summed E-state index contributed by atoms with van der Waals surface area (Å²) in [6.45, 7) is 5.77. The summed E-state index contributed by atoms with van der Waals surface area (Å²) in [6.07, 6.45) is 2.21. The Morgan fingerprint density at radius 1 is 1.60 bits per heavy atom. The van der Waals surface area contributed by atoms with E-state index in [1.54, 1.807) is 0 Å². The van der Waals surface area contributed by atoms with Crippen LogP contribution >= 0.6 is 0 Å². The van der Waals surface area contributed by atoms with E-state index in [-0.39, 0.29) is 24.1 Å². The number of carbonyl (C=O) groups is 1. The summed E-state index contributed by atoms with van der Waals surface area (Å²) in [5.74, 6) is 0.0570. The molecule has 15 heavy (non-hydrogen) atoms. The summed E-state index contributed by atoms with van der Waals surface area (Å²) in [5, 5.41) is 12.2. The average molecular weight is 214 g/mol. The highest BCUT2D eigenvalue weighted by Gasteiger charge is 2.32. The largest absolute Gasteiger partial charge is 0.394 e. The summed E-state index contributed by atoms with van der Waals surface area (Å²) >= 11 is 0. The molecule has 0 radical (unpaired) electrons. The molecule has 1 aliphatic rings. The van der Waals surface area contributed by atoms with Crippen LogP contribution < -0.4 is 5.32 Å². The molecule has 0 spiro atoms. The fraction of sp³-hybridized carbons (Fsp3) is 0.909. The Morgan fingerprint density at radius 3 is 2.53 bits per heavy atom. The molecule has 1 amide bonds.